The van der Waals surface area contributed by atoms with Crippen LogP contribution < -0.4 is 35.7 Å². The Kier molecular flexibility index (Phi) is 5.14. The van der Waals surface area contributed by atoms with Crippen LogP contribution in [-0.2, 0) is 4.79 Å². The number of anilines is 3. The minimum atomic E-state index is -0.610. The Balaban J connectivity index is 1.71. The number of carbonyl (C=O) groups is 1. The Bertz CT molecular complexity index is 1190. The van der Waals surface area contributed by atoms with Gasteiger partial charge in [0.15, 0.2) is 6.61 Å². The minimum absolute atomic E-state index is 0.102. The second kappa shape index (κ2) is 7.90. The molecule has 8 heteroatoms. The number of rotatable bonds is 7. The van der Waals surface area contributed by atoms with Gasteiger partial charge in [0.05, 0.1) is 30.2 Å². The molecule has 8 nitrogen and oxygen atoms in total. The lowest BCUT2D eigenvalue weighted by Gasteiger charge is -2.20. The first-order chi connectivity index (χ1) is 14.5. The molecule has 1 amide bonds. The van der Waals surface area contributed by atoms with Crippen molar-refractivity contribution in [1.29, 1.82) is 0 Å². The van der Waals surface area contributed by atoms with Crippen LogP contribution in [-0.4, -0.2) is 25.7 Å². The highest BCUT2D eigenvalue weighted by Gasteiger charge is 2.25. The van der Waals surface area contributed by atoms with Crippen LogP contribution in [0.3, 0.4) is 0 Å². The van der Waals surface area contributed by atoms with Gasteiger partial charge in [-0.05, 0) is 43.7 Å². The fourth-order valence-corrected chi connectivity index (χ4v) is 3.30. The van der Waals surface area contributed by atoms with Gasteiger partial charge in [0.2, 0.25) is 5.43 Å². The predicted molar refractivity (Wildman–Crippen MR) is 113 cm³/mol. The van der Waals surface area contributed by atoms with Crippen molar-refractivity contribution in [2.45, 2.75) is 13.8 Å². The Labute approximate surface area is 172 Å². The molecule has 30 heavy (non-hydrogen) atoms. The average Bonchev–Trinajstić information content (AvgIpc) is 2.75. The molecule has 0 fully saturated rings. The molecule has 3 aromatic carbocycles. The van der Waals surface area contributed by atoms with Gasteiger partial charge < -0.3 is 24.8 Å². The summed E-state index contributed by atoms with van der Waals surface area (Å²) >= 11 is 0. The summed E-state index contributed by atoms with van der Waals surface area (Å²) in [5.41, 5.74) is 0.805. The molecule has 1 aliphatic rings. The highest BCUT2D eigenvalue weighted by Crippen LogP contribution is 2.37. The van der Waals surface area contributed by atoms with Gasteiger partial charge in [-0.1, -0.05) is 6.07 Å². The lowest BCUT2D eigenvalue weighted by atomic mass is 9.97. The van der Waals surface area contributed by atoms with Crippen molar-refractivity contribution in [2.24, 2.45) is 0 Å². The minimum Gasteiger partial charge on any atom is -0.494 e. The number of fused-ring (bicyclic) bond motifs is 1. The maximum Gasteiger partial charge on any atom is 0.262 e. The van der Waals surface area contributed by atoms with Crippen LogP contribution in [0.25, 0.3) is 11.1 Å². The third kappa shape index (κ3) is 3.47. The number of benzene rings is 2. The lowest BCUT2D eigenvalue weighted by Crippen LogP contribution is -2.35. The number of amides is 1. The van der Waals surface area contributed by atoms with E-state index in [1.54, 1.807) is 36.4 Å². The largest absolute Gasteiger partial charge is 0.494 e. The molecule has 1 aliphatic heterocycles. The van der Waals surface area contributed by atoms with E-state index in [2.05, 4.69) is 10.6 Å². The predicted octanol–water partition coefficient (Wildman–Crippen LogP) is 2.82. The summed E-state index contributed by atoms with van der Waals surface area (Å²) in [6.07, 6.45) is 0. The summed E-state index contributed by atoms with van der Waals surface area (Å²) in [4.78, 5) is 36.1. The summed E-state index contributed by atoms with van der Waals surface area (Å²) in [7, 11) is 0. The second-order valence-electron chi connectivity index (χ2n) is 6.61. The topological polar surface area (TPSA) is 103 Å². The van der Waals surface area contributed by atoms with Crippen LogP contribution in [0.2, 0.25) is 0 Å². The lowest BCUT2D eigenvalue weighted by molar-refractivity contribution is -0.118. The summed E-state index contributed by atoms with van der Waals surface area (Å²) in [5, 5.41) is 5.74. The smallest absolute Gasteiger partial charge is 0.262 e. The van der Waals surface area contributed by atoms with Gasteiger partial charge in [0.1, 0.15) is 22.9 Å². The van der Waals surface area contributed by atoms with Crippen molar-refractivity contribution < 1.29 is 19.0 Å². The molecule has 0 atom stereocenters. The number of carbonyl (C=O) groups excluding carboxylic acids is 1. The molecular weight excluding hydrogens is 388 g/mol. The Hall–Kier alpha value is -3.81. The van der Waals surface area contributed by atoms with Crippen molar-refractivity contribution in [3.05, 3.63) is 56.8 Å². The summed E-state index contributed by atoms with van der Waals surface area (Å²) in [6.45, 7) is 4.56. The molecule has 0 bridgehead atoms. The fraction of sp³-hybridized carbons (Fsp3) is 0.227. The van der Waals surface area contributed by atoms with Crippen molar-refractivity contribution in [2.75, 3.05) is 30.5 Å². The first-order valence-electron chi connectivity index (χ1n) is 9.58. The van der Waals surface area contributed by atoms with Crippen LogP contribution in [0.15, 0.2) is 46.0 Å². The Morgan fingerprint density at radius 3 is 2.57 bits per heavy atom. The first-order valence-corrected chi connectivity index (χ1v) is 9.58. The molecular formula is C22H20N2O6. The summed E-state index contributed by atoms with van der Waals surface area (Å²) in [6, 6.07) is 10.2. The van der Waals surface area contributed by atoms with Crippen molar-refractivity contribution in [1.82, 2.24) is 0 Å². The van der Waals surface area contributed by atoms with E-state index < -0.39 is 10.9 Å². The number of hydrogen-bond donors (Lipinski definition) is 2. The fourth-order valence-electron chi connectivity index (χ4n) is 3.30. The first kappa shape index (κ1) is 19.5. The molecule has 0 aliphatic carbocycles. The zero-order valence-electron chi connectivity index (χ0n) is 16.5. The Morgan fingerprint density at radius 1 is 1.00 bits per heavy atom. The summed E-state index contributed by atoms with van der Waals surface area (Å²) < 4.78 is 16.6. The molecule has 0 unspecified atom stereocenters. The molecule has 1 heterocycles. The molecule has 0 saturated carbocycles. The van der Waals surface area contributed by atoms with Gasteiger partial charge in [-0.15, -0.1) is 0 Å². The summed E-state index contributed by atoms with van der Waals surface area (Å²) in [5.74, 6) is 1.35. The van der Waals surface area contributed by atoms with Crippen LogP contribution in [0.4, 0.5) is 17.1 Å². The van der Waals surface area contributed by atoms with Crippen LogP contribution in [0.1, 0.15) is 13.8 Å². The van der Waals surface area contributed by atoms with E-state index in [1.165, 1.54) is 0 Å². The molecule has 0 aromatic heterocycles. The SMILES string of the molecule is CCOc1ccc(OCC)c(Nc2c(-c3ccc4c(c3)OCC(=O)N4)c(=O)c2=O)c1. The van der Waals surface area contributed by atoms with Crippen LogP contribution >= 0.6 is 0 Å². The van der Waals surface area contributed by atoms with E-state index in [-0.39, 0.29) is 23.8 Å². The molecule has 3 aromatic rings. The molecule has 0 radical (unpaired) electrons. The maximum atomic E-state index is 12.3. The van der Waals surface area contributed by atoms with Crippen molar-refractivity contribution >= 4 is 23.0 Å². The van der Waals surface area contributed by atoms with E-state index in [1.807, 2.05) is 13.8 Å². The zero-order chi connectivity index (χ0) is 21.3. The third-order valence-electron chi connectivity index (χ3n) is 4.64. The van der Waals surface area contributed by atoms with Crippen molar-refractivity contribution in [3.8, 4) is 28.4 Å². The van der Waals surface area contributed by atoms with Crippen molar-refractivity contribution in [3.63, 3.8) is 0 Å². The van der Waals surface area contributed by atoms with E-state index in [4.69, 9.17) is 14.2 Å². The van der Waals surface area contributed by atoms with Gasteiger partial charge in [-0.3, -0.25) is 14.4 Å². The normalized spacial score (nSPS) is 12.7. The van der Waals surface area contributed by atoms with Gasteiger partial charge >= 0.3 is 0 Å². The van der Waals surface area contributed by atoms with Gasteiger partial charge in [-0.25, -0.2) is 0 Å². The zero-order valence-corrected chi connectivity index (χ0v) is 16.5. The van der Waals surface area contributed by atoms with E-state index in [9.17, 15) is 14.4 Å². The maximum absolute atomic E-state index is 12.3. The van der Waals surface area contributed by atoms with Gasteiger partial charge in [0, 0.05) is 6.07 Å². The second-order valence-corrected chi connectivity index (χ2v) is 6.61. The monoisotopic (exact) mass is 408 g/mol. The standard InChI is InChI=1S/C22H20N2O6/c1-3-28-13-6-8-16(29-4-2)15(10-13)24-20-19(21(26)22(20)27)12-5-7-14-17(9-12)30-11-18(25)23-14/h5-10,24H,3-4,11H2,1-2H3,(H,23,25). The number of ether oxygens (including phenoxy) is 3. The van der Waals surface area contributed by atoms with E-state index in [0.29, 0.717) is 47.4 Å². The van der Waals surface area contributed by atoms with E-state index >= 15 is 0 Å². The van der Waals surface area contributed by atoms with Crippen LogP contribution in [0.5, 0.6) is 17.2 Å². The van der Waals surface area contributed by atoms with E-state index in [0.717, 1.165) is 0 Å². The van der Waals surface area contributed by atoms with Gasteiger partial charge in [0.25, 0.3) is 11.3 Å². The molecule has 2 N–H and O–H groups in total. The Morgan fingerprint density at radius 2 is 1.80 bits per heavy atom. The highest BCUT2D eigenvalue weighted by atomic mass is 16.5. The quantitative estimate of drug-likeness (QED) is 0.580. The molecule has 154 valence electrons. The molecule has 0 saturated heterocycles. The van der Waals surface area contributed by atoms with Gasteiger partial charge in [-0.2, -0.15) is 0 Å². The molecule has 4 rings (SSSR count). The number of nitrogens with one attached hydrogen (secondary N) is 2. The average molecular weight is 408 g/mol. The number of hydrogen-bond acceptors (Lipinski definition) is 7. The van der Waals surface area contributed by atoms with Crippen LogP contribution in [0, 0.1) is 0 Å². The molecule has 0 spiro atoms. The third-order valence-corrected chi connectivity index (χ3v) is 4.64. The highest BCUT2D eigenvalue weighted by molar-refractivity contribution is 5.96.